The maximum Gasteiger partial charge on any atom is 0.0775 e. The van der Waals surface area contributed by atoms with E-state index in [2.05, 4.69) is 50.8 Å². The summed E-state index contributed by atoms with van der Waals surface area (Å²) < 4.78 is 213. The number of hydrogen-bond donors (Lipinski definition) is 0. The first-order valence-electron chi connectivity index (χ1n) is 32.0. The quantitative estimate of drug-likeness (QED) is 0.149. The molecule has 0 radical (unpaired) electrons. The van der Waals surface area contributed by atoms with E-state index in [1.165, 1.54) is 31.5 Å². The third kappa shape index (κ3) is 20.2. The van der Waals surface area contributed by atoms with E-state index >= 15 is 0 Å². The molecule has 0 nitrogen and oxygen atoms in total. The molecule has 0 aliphatic rings. The molecule has 0 saturated heterocycles. The van der Waals surface area contributed by atoms with E-state index in [1.54, 1.807) is 43.3 Å². The Morgan fingerprint density at radius 3 is 0.964 bits per heavy atom. The van der Waals surface area contributed by atoms with Gasteiger partial charge in [-0.2, -0.15) is 0 Å². The summed E-state index contributed by atoms with van der Waals surface area (Å²) in [6, 6.07) is 16.2. The van der Waals surface area contributed by atoms with Gasteiger partial charge >= 0.3 is 0 Å². The van der Waals surface area contributed by atoms with Gasteiger partial charge in [0.25, 0.3) is 0 Å². The molecule has 0 unspecified atom stereocenters. The lowest BCUT2D eigenvalue weighted by Gasteiger charge is -2.18. The fourth-order valence-corrected chi connectivity index (χ4v) is 5.23. The minimum absolute atomic E-state index is 0.0203. The third-order valence-electron chi connectivity index (χ3n) is 7.76. The fourth-order valence-electron chi connectivity index (χ4n) is 4.06. The molecular formula is C54H80Si. The van der Waals surface area contributed by atoms with Crippen LogP contribution in [0.2, 0.25) is 19.6 Å². The minimum atomic E-state index is -3.02. The molecule has 0 fully saturated rings. The van der Waals surface area contributed by atoms with Crippen molar-refractivity contribution in [2.24, 2.45) is 0 Å². The first-order valence-corrected chi connectivity index (χ1v) is 21.5. The molecule has 0 bridgehead atoms. The largest absolute Gasteiger partial charge is 0.0775 e. The van der Waals surface area contributed by atoms with Crippen LogP contribution in [-0.2, 0) is 21.7 Å². The van der Waals surface area contributed by atoms with Crippen molar-refractivity contribution >= 4 is 13.3 Å². The number of benzene rings is 5. The van der Waals surface area contributed by atoms with Gasteiger partial charge in [-0.25, -0.2) is 0 Å². The van der Waals surface area contributed by atoms with Crippen molar-refractivity contribution in [2.75, 3.05) is 0 Å². The number of rotatable bonds is 1. The molecule has 300 valence electrons. The van der Waals surface area contributed by atoms with Gasteiger partial charge in [-0.05, 0) is 78.5 Å². The van der Waals surface area contributed by atoms with Crippen LogP contribution in [0.25, 0.3) is 0 Å². The van der Waals surface area contributed by atoms with E-state index in [9.17, 15) is 0 Å². The third-order valence-corrected chi connectivity index (χ3v) is 9.83. The highest BCUT2D eigenvalue weighted by Gasteiger charge is 2.16. The Kier molecular flexibility index (Phi) is 7.89. The van der Waals surface area contributed by atoms with Crippen LogP contribution in [0.1, 0.15) is 171 Å². The maximum atomic E-state index is 7.90. The highest BCUT2D eigenvalue weighted by atomic mass is 28.3. The molecule has 0 spiro atoms. The normalized spacial score (nSPS) is 20.4. The van der Waals surface area contributed by atoms with Crippen LogP contribution in [-0.4, -0.2) is 8.07 Å². The lowest BCUT2D eigenvalue weighted by molar-refractivity contribution is 0.590. The van der Waals surface area contributed by atoms with Crippen LogP contribution in [0.3, 0.4) is 0 Å². The highest BCUT2D eigenvalue weighted by Crippen LogP contribution is 2.24. The SMILES string of the molecule is Cc1ccc([Si](C)(C)C)cc1.[2H]C([2H])([2H])C(C)(c1ccc(C)cc1)C([2H])([2H])[2H].[2H]c1c([2H])c(C(C)(C([2H])([2H])[2H])C([2H])([2H])[2H])c([2H])c([2H])c1C.[2H]c1c([2H])c(C(C)(C)C)c([2H])c([2H])c1C.[2H]c1cc(C(C)(C([2H])([2H])[2H])C([2H])([2H])[2H])cc([2H])c1C. The second kappa shape index (κ2) is 21.0. The van der Waals surface area contributed by atoms with Crippen LogP contribution >= 0.6 is 0 Å². The Morgan fingerprint density at radius 1 is 0.345 bits per heavy atom. The van der Waals surface area contributed by atoms with Crippen LogP contribution in [0.5, 0.6) is 0 Å². The maximum absolute atomic E-state index is 7.90. The van der Waals surface area contributed by atoms with Crippen LogP contribution in [0.4, 0.5) is 0 Å². The molecule has 0 N–H and O–H groups in total. The molecule has 1 heteroatoms. The van der Waals surface area contributed by atoms with Gasteiger partial charge < -0.3 is 0 Å². The first-order chi connectivity index (χ1) is 36.7. The molecule has 55 heavy (non-hydrogen) atoms. The van der Waals surface area contributed by atoms with Crippen molar-refractivity contribution in [2.45, 2.75) is 159 Å². The summed E-state index contributed by atoms with van der Waals surface area (Å²) in [6.07, 6.45) is 0. The van der Waals surface area contributed by atoms with E-state index in [1.807, 2.05) is 27.7 Å². The molecule has 5 aromatic carbocycles. The van der Waals surface area contributed by atoms with Gasteiger partial charge in [0.05, 0.1) is 21.8 Å². The van der Waals surface area contributed by atoms with E-state index in [0.29, 0.717) is 22.3 Å². The van der Waals surface area contributed by atoms with Gasteiger partial charge in [-0.3, -0.25) is 0 Å². The zero-order valence-corrected chi connectivity index (χ0v) is 36.3. The van der Waals surface area contributed by atoms with Crippen LogP contribution in [0.15, 0.2) is 121 Å². The van der Waals surface area contributed by atoms with E-state index in [0.717, 1.165) is 19.4 Å². The predicted molar refractivity (Wildman–Crippen MR) is 254 cm³/mol. The van der Waals surface area contributed by atoms with Crippen LogP contribution < -0.4 is 5.19 Å². The molecule has 5 aromatic rings. The average Bonchev–Trinajstić information content (AvgIpc) is 3.30. The van der Waals surface area contributed by atoms with E-state index < -0.39 is 95.2 Å². The summed E-state index contributed by atoms with van der Waals surface area (Å²) in [7, 11) is -1.06. The molecule has 0 heterocycles. The molecule has 0 atom stereocenters. The van der Waals surface area contributed by atoms with Crippen molar-refractivity contribution in [1.82, 2.24) is 0 Å². The van der Waals surface area contributed by atoms with Gasteiger partial charge in [0.15, 0.2) is 0 Å². The molecule has 5 rings (SSSR count). The Morgan fingerprint density at radius 2 is 0.636 bits per heavy atom. The molecular weight excluding hydrogens is 677 g/mol. The van der Waals surface area contributed by atoms with Gasteiger partial charge in [0, 0.05) is 24.7 Å². The van der Waals surface area contributed by atoms with Gasteiger partial charge in [-0.1, -0.05) is 256 Å². The lowest BCUT2D eigenvalue weighted by Crippen LogP contribution is -2.37. The first kappa shape index (κ1) is 20.7. The number of aryl methyl sites for hydroxylation is 2. The summed E-state index contributed by atoms with van der Waals surface area (Å²) in [5.74, 6) is 0. The smallest absolute Gasteiger partial charge is 0.0656 e. The fraction of sp³-hybridized carbons (Fsp3) is 0.444. The van der Waals surface area contributed by atoms with E-state index in [-0.39, 0.29) is 52.8 Å². The molecule has 0 aliphatic carbocycles. The Hall–Kier alpha value is -3.68. The summed E-state index contributed by atoms with van der Waals surface area (Å²) in [5.41, 5.74) is -3.43. The molecule has 0 amide bonds. The molecule has 0 saturated carbocycles. The average molecular weight is 785 g/mol. The zero-order valence-electron chi connectivity index (χ0n) is 63.3. The van der Waals surface area contributed by atoms with Crippen molar-refractivity contribution in [3.8, 4) is 0 Å². The topological polar surface area (TPSA) is 0 Å². The second-order valence-corrected chi connectivity index (χ2v) is 21.3. The Labute approximate surface area is 381 Å². The van der Waals surface area contributed by atoms with Gasteiger partial charge in [0.2, 0.25) is 0 Å². The van der Waals surface area contributed by atoms with Crippen molar-refractivity contribution in [3.05, 3.63) is 171 Å². The number of hydrogen-bond acceptors (Lipinski definition) is 0. The summed E-state index contributed by atoms with van der Waals surface area (Å²) >= 11 is 0. The second-order valence-electron chi connectivity index (χ2n) is 16.3. The van der Waals surface area contributed by atoms with Crippen molar-refractivity contribution < 1.29 is 38.4 Å². The minimum Gasteiger partial charge on any atom is -0.0656 e. The predicted octanol–water partition coefficient (Wildman–Crippen LogP) is 15.7. The summed E-state index contributed by atoms with van der Waals surface area (Å²) in [6.45, 7) is 8.01. The monoisotopic (exact) mass is 785 g/mol. The molecule has 0 aromatic heterocycles. The highest BCUT2D eigenvalue weighted by molar-refractivity contribution is 6.88. The summed E-state index contributed by atoms with van der Waals surface area (Å²) in [5, 5.41) is 1.54. The van der Waals surface area contributed by atoms with Gasteiger partial charge in [0.1, 0.15) is 0 Å². The van der Waals surface area contributed by atoms with E-state index in [4.69, 9.17) is 38.4 Å². The van der Waals surface area contributed by atoms with Crippen molar-refractivity contribution in [1.29, 1.82) is 0 Å². The summed E-state index contributed by atoms with van der Waals surface area (Å²) in [4.78, 5) is 0. The Balaban J connectivity index is 0.000000526. The Bertz CT molecular complexity index is 2890. The molecule has 0 aliphatic heterocycles. The standard InChI is InChI=1S/4C11H16.C10H16Si/c5*1-9-5-7-10(8-6-9)11(2,3)4/h5*5-8H,1-4H3/i2D3,3D3,5D,6D,7D,8D;5D,6D,7D,8D;2D3,3D3,5D,6D;2D3,3D3;. The van der Waals surface area contributed by atoms with Crippen molar-refractivity contribution in [3.63, 3.8) is 0 Å². The van der Waals surface area contributed by atoms with Gasteiger partial charge in [-0.15, -0.1) is 0 Å². The zero-order chi connectivity index (χ0) is 66.1. The lowest BCUT2D eigenvalue weighted by atomic mass is 9.87. The van der Waals surface area contributed by atoms with Crippen LogP contribution in [0, 0.1) is 34.6 Å².